The Balaban J connectivity index is 2.78. The van der Waals surface area contributed by atoms with Gasteiger partial charge < -0.3 is 15.3 Å². The number of aliphatic hydroxyl groups is 1. The van der Waals surface area contributed by atoms with E-state index in [1.807, 2.05) is 26.1 Å². The van der Waals surface area contributed by atoms with E-state index in [1.54, 1.807) is 0 Å². The van der Waals surface area contributed by atoms with Crippen molar-refractivity contribution in [1.82, 2.24) is 10.3 Å². The Morgan fingerprint density at radius 3 is 2.47 bits per heavy atom. The number of pyridine rings is 1. The second-order valence-electron chi connectivity index (χ2n) is 5.56. The first-order valence-corrected chi connectivity index (χ1v) is 7.04. The van der Waals surface area contributed by atoms with Gasteiger partial charge >= 0.3 is 0 Å². The van der Waals surface area contributed by atoms with Crippen molar-refractivity contribution in [3.63, 3.8) is 0 Å². The van der Waals surface area contributed by atoms with Crippen LogP contribution in [0.3, 0.4) is 0 Å². The first-order chi connectivity index (χ1) is 8.87. The summed E-state index contributed by atoms with van der Waals surface area (Å²) in [7, 11) is 0. The number of anilines is 1. The minimum absolute atomic E-state index is 0.316. The predicted molar refractivity (Wildman–Crippen MR) is 80.5 cm³/mol. The highest BCUT2D eigenvalue weighted by atomic mass is 16.3. The number of hydrogen-bond acceptors (Lipinski definition) is 4. The molecule has 0 radical (unpaired) electrons. The molecule has 1 unspecified atom stereocenters. The van der Waals surface area contributed by atoms with Crippen LogP contribution >= 0.6 is 0 Å². The average Bonchev–Trinajstić information content (AvgIpc) is 2.35. The van der Waals surface area contributed by atoms with Crippen molar-refractivity contribution in [1.29, 1.82) is 0 Å². The summed E-state index contributed by atoms with van der Waals surface area (Å²) < 4.78 is 0. The molecule has 0 fully saturated rings. The Morgan fingerprint density at radius 1 is 1.37 bits per heavy atom. The van der Waals surface area contributed by atoms with Gasteiger partial charge in [0.25, 0.3) is 0 Å². The van der Waals surface area contributed by atoms with Gasteiger partial charge in [0.1, 0.15) is 5.82 Å². The summed E-state index contributed by atoms with van der Waals surface area (Å²) in [6.07, 6.45) is 1.91. The van der Waals surface area contributed by atoms with Crippen LogP contribution in [0.5, 0.6) is 0 Å². The van der Waals surface area contributed by atoms with Gasteiger partial charge in [0.05, 0.1) is 5.60 Å². The Kier molecular flexibility index (Phi) is 5.76. The number of likely N-dealkylation sites (N-methyl/N-ethyl adjacent to an activating group) is 1. The normalized spacial score (nSPS) is 13.4. The van der Waals surface area contributed by atoms with Gasteiger partial charge in [0.15, 0.2) is 0 Å². The number of hydrogen-bond donors (Lipinski definition) is 2. The summed E-state index contributed by atoms with van der Waals surface area (Å²) >= 11 is 0. The molecule has 0 aliphatic rings. The molecule has 4 heteroatoms. The molecule has 0 spiro atoms. The fraction of sp³-hybridized carbons (Fsp3) is 0.667. The molecular weight excluding hydrogens is 238 g/mol. The third-order valence-corrected chi connectivity index (χ3v) is 3.06. The third-order valence-electron chi connectivity index (χ3n) is 3.06. The van der Waals surface area contributed by atoms with Crippen LogP contribution in [0.4, 0.5) is 5.82 Å². The van der Waals surface area contributed by atoms with Gasteiger partial charge in [-0.05, 0) is 45.9 Å². The maximum Gasteiger partial charge on any atom is 0.128 e. The standard InChI is InChI=1S/C15H27N3O/c1-6-16-12(3)13-8-9-14(17-10-13)18(7-2)11-15(4,5)19/h8-10,12,16,19H,6-7,11H2,1-5H3. The van der Waals surface area contributed by atoms with Gasteiger partial charge in [-0.15, -0.1) is 0 Å². The molecule has 19 heavy (non-hydrogen) atoms. The van der Waals surface area contributed by atoms with E-state index in [2.05, 4.69) is 42.0 Å². The summed E-state index contributed by atoms with van der Waals surface area (Å²) in [5.74, 6) is 0.914. The molecule has 0 bridgehead atoms. The highest BCUT2D eigenvalue weighted by Gasteiger charge is 2.18. The van der Waals surface area contributed by atoms with Crippen LogP contribution in [0.2, 0.25) is 0 Å². The van der Waals surface area contributed by atoms with Crippen molar-refractivity contribution in [3.05, 3.63) is 23.9 Å². The molecule has 2 N–H and O–H groups in total. The zero-order chi connectivity index (χ0) is 14.5. The van der Waals surface area contributed by atoms with Crippen molar-refractivity contribution >= 4 is 5.82 Å². The minimum atomic E-state index is -0.715. The lowest BCUT2D eigenvalue weighted by Crippen LogP contribution is -2.39. The molecule has 0 aliphatic heterocycles. The van der Waals surface area contributed by atoms with Crippen LogP contribution in [0, 0.1) is 0 Å². The zero-order valence-electron chi connectivity index (χ0n) is 12.8. The average molecular weight is 265 g/mol. The summed E-state index contributed by atoms with van der Waals surface area (Å²) in [5, 5.41) is 13.3. The van der Waals surface area contributed by atoms with E-state index in [9.17, 15) is 5.11 Å². The van der Waals surface area contributed by atoms with Gasteiger partial charge in [-0.25, -0.2) is 4.98 Å². The maximum atomic E-state index is 9.91. The van der Waals surface area contributed by atoms with E-state index >= 15 is 0 Å². The van der Waals surface area contributed by atoms with E-state index in [4.69, 9.17) is 0 Å². The molecule has 0 saturated carbocycles. The summed E-state index contributed by atoms with van der Waals surface area (Å²) in [5.41, 5.74) is 0.470. The number of rotatable bonds is 7. The monoisotopic (exact) mass is 265 g/mol. The lowest BCUT2D eigenvalue weighted by Gasteiger charge is -2.29. The second kappa shape index (κ2) is 6.87. The molecule has 1 heterocycles. The number of aromatic nitrogens is 1. The molecule has 1 aromatic heterocycles. The Morgan fingerprint density at radius 2 is 2.05 bits per heavy atom. The van der Waals surface area contributed by atoms with Gasteiger partial charge in [0.2, 0.25) is 0 Å². The molecule has 108 valence electrons. The second-order valence-corrected chi connectivity index (χ2v) is 5.56. The van der Waals surface area contributed by atoms with Crippen molar-refractivity contribution in [2.45, 2.75) is 46.3 Å². The van der Waals surface area contributed by atoms with Crippen molar-refractivity contribution in [2.75, 3.05) is 24.5 Å². The third kappa shape index (κ3) is 5.17. The molecule has 0 saturated heterocycles. The van der Waals surface area contributed by atoms with E-state index in [0.29, 0.717) is 12.6 Å². The molecule has 4 nitrogen and oxygen atoms in total. The fourth-order valence-electron chi connectivity index (χ4n) is 2.09. The molecule has 0 amide bonds. The van der Waals surface area contributed by atoms with Crippen LogP contribution in [-0.2, 0) is 0 Å². The lowest BCUT2D eigenvalue weighted by molar-refractivity contribution is 0.0874. The molecule has 0 aromatic carbocycles. The molecule has 1 aromatic rings. The molecular formula is C15H27N3O. The van der Waals surface area contributed by atoms with Gasteiger partial charge in [0, 0.05) is 25.3 Å². The van der Waals surface area contributed by atoms with Crippen LogP contribution in [0.25, 0.3) is 0 Å². The fourth-order valence-corrected chi connectivity index (χ4v) is 2.09. The Hall–Kier alpha value is -1.13. The molecule has 1 rings (SSSR count). The maximum absolute atomic E-state index is 9.91. The number of nitrogens with one attached hydrogen (secondary N) is 1. The van der Waals surface area contributed by atoms with Crippen LogP contribution in [0.15, 0.2) is 18.3 Å². The quantitative estimate of drug-likeness (QED) is 0.794. The molecule has 1 atom stereocenters. The van der Waals surface area contributed by atoms with E-state index in [0.717, 1.165) is 18.9 Å². The highest BCUT2D eigenvalue weighted by Crippen LogP contribution is 2.17. The van der Waals surface area contributed by atoms with Crippen molar-refractivity contribution in [3.8, 4) is 0 Å². The topological polar surface area (TPSA) is 48.4 Å². The van der Waals surface area contributed by atoms with Crippen LogP contribution in [-0.4, -0.2) is 35.3 Å². The Labute approximate surface area is 116 Å². The van der Waals surface area contributed by atoms with E-state index < -0.39 is 5.60 Å². The summed E-state index contributed by atoms with van der Waals surface area (Å²) in [4.78, 5) is 6.60. The summed E-state index contributed by atoms with van der Waals surface area (Å²) in [6.45, 7) is 12.3. The first-order valence-electron chi connectivity index (χ1n) is 7.04. The SMILES string of the molecule is CCNC(C)c1ccc(N(CC)CC(C)(C)O)nc1. The van der Waals surface area contributed by atoms with Gasteiger partial charge in [-0.1, -0.05) is 13.0 Å². The summed E-state index contributed by atoms with van der Waals surface area (Å²) in [6, 6.07) is 4.44. The van der Waals surface area contributed by atoms with Crippen LogP contribution in [0.1, 0.15) is 46.2 Å². The smallest absolute Gasteiger partial charge is 0.128 e. The van der Waals surface area contributed by atoms with Gasteiger partial charge in [-0.2, -0.15) is 0 Å². The van der Waals surface area contributed by atoms with Crippen molar-refractivity contribution in [2.24, 2.45) is 0 Å². The van der Waals surface area contributed by atoms with E-state index in [1.165, 1.54) is 5.56 Å². The highest BCUT2D eigenvalue weighted by molar-refractivity contribution is 5.40. The van der Waals surface area contributed by atoms with Crippen LogP contribution < -0.4 is 10.2 Å². The first kappa shape index (κ1) is 15.9. The van der Waals surface area contributed by atoms with Gasteiger partial charge in [-0.3, -0.25) is 0 Å². The van der Waals surface area contributed by atoms with E-state index in [-0.39, 0.29) is 0 Å². The lowest BCUT2D eigenvalue weighted by atomic mass is 10.1. The molecule has 0 aliphatic carbocycles. The zero-order valence-corrected chi connectivity index (χ0v) is 12.8. The Bertz CT molecular complexity index is 370. The largest absolute Gasteiger partial charge is 0.389 e. The minimum Gasteiger partial charge on any atom is -0.389 e. The number of nitrogens with zero attached hydrogens (tertiary/aromatic N) is 2. The van der Waals surface area contributed by atoms with Crippen molar-refractivity contribution < 1.29 is 5.11 Å². The predicted octanol–water partition coefficient (Wildman–Crippen LogP) is 2.35.